The van der Waals surface area contributed by atoms with Gasteiger partial charge in [-0.05, 0) is 23.3 Å². The number of pyridine rings is 1. The van der Waals surface area contributed by atoms with Crippen LogP contribution in [0.25, 0.3) is 29.1 Å². The van der Waals surface area contributed by atoms with Crippen molar-refractivity contribution in [1.29, 1.82) is 0 Å². The van der Waals surface area contributed by atoms with Crippen LogP contribution in [0, 0.1) is 0 Å². The second-order valence-electron chi connectivity index (χ2n) is 5.46. The summed E-state index contributed by atoms with van der Waals surface area (Å²) in [6.45, 7) is 0. The number of fused-ring (bicyclic) bond motifs is 1. The molecule has 0 bridgehead atoms. The van der Waals surface area contributed by atoms with Gasteiger partial charge in [0.05, 0.1) is 5.69 Å². The quantitative estimate of drug-likeness (QED) is 0.477. The summed E-state index contributed by atoms with van der Waals surface area (Å²) >= 11 is 0. The Morgan fingerprint density at radius 2 is 1.39 bits per heavy atom. The van der Waals surface area contributed by atoms with Crippen molar-refractivity contribution in [2.24, 2.45) is 0 Å². The van der Waals surface area contributed by atoms with E-state index in [4.69, 9.17) is 0 Å². The number of hydrogen-bond acceptors (Lipinski definition) is 1. The lowest BCUT2D eigenvalue weighted by Crippen LogP contribution is -1.78. The van der Waals surface area contributed by atoms with Crippen molar-refractivity contribution in [3.05, 3.63) is 96.3 Å². The van der Waals surface area contributed by atoms with Gasteiger partial charge in [-0.3, -0.25) is 0 Å². The van der Waals surface area contributed by atoms with Crippen LogP contribution in [0.15, 0.2) is 85.2 Å². The molecule has 110 valence electrons. The van der Waals surface area contributed by atoms with Crippen LogP contribution in [-0.4, -0.2) is 9.38 Å². The first-order valence-corrected chi connectivity index (χ1v) is 7.66. The molecule has 0 spiro atoms. The van der Waals surface area contributed by atoms with Gasteiger partial charge in [0.2, 0.25) is 0 Å². The standard InChI is InChI=1S/C21H16N2/c1-2-6-17(7-3-1)9-10-18-11-13-19(14-12-18)20-16-23-15-5-4-8-21(23)22-20/h1-16H/b10-9+. The fraction of sp³-hybridized carbons (Fsp3) is 0. The van der Waals surface area contributed by atoms with Crippen molar-refractivity contribution < 1.29 is 0 Å². The maximum absolute atomic E-state index is 4.65. The Bertz CT molecular complexity index is 915. The first kappa shape index (κ1) is 13.5. The molecule has 0 aliphatic heterocycles. The third-order valence-electron chi connectivity index (χ3n) is 3.84. The highest BCUT2D eigenvalue weighted by Crippen LogP contribution is 2.20. The Balaban J connectivity index is 1.59. The number of hydrogen-bond donors (Lipinski definition) is 0. The van der Waals surface area contributed by atoms with E-state index in [0.29, 0.717) is 0 Å². The molecule has 0 aliphatic rings. The van der Waals surface area contributed by atoms with Crippen LogP contribution >= 0.6 is 0 Å². The summed E-state index contributed by atoms with van der Waals surface area (Å²) in [4.78, 5) is 4.65. The molecule has 0 saturated carbocycles. The summed E-state index contributed by atoms with van der Waals surface area (Å²) < 4.78 is 2.04. The minimum atomic E-state index is 0.968. The van der Waals surface area contributed by atoms with Crippen molar-refractivity contribution in [2.75, 3.05) is 0 Å². The van der Waals surface area contributed by atoms with Crippen LogP contribution in [0.5, 0.6) is 0 Å². The maximum atomic E-state index is 4.65. The van der Waals surface area contributed by atoms with E-state index in [1.165, 1.54) is 11.1 Å². The highest BCUT2D eigenvalue weighted by Gasteiger charge is 2.03. The molecule has 2 heteroatoms. The van der Waals surface area contributed by atoms with E-state index < -0.39 is 0 Å². The zero-order valence-corrected chi connectivity index (χ0v) is 12.6. The van der Waals surface area contributed by atoms with Crippen molar-refractivity contribution in [1.82, 2.24) is 9.38 Å². The van der Waals surface area contributed by atoms with Crippen LogP contribution in [0.3, 0.4) is 0 Å². The minimum absolute atomic E-state index is 0.968. The van der Waals surface area contributed by atoms with Crippen LogP contribution in [0.2, 0.25) is 0 Å². The molecule has 0 amide bonds. The normalized spacial score (nSPS) is 11.3. The van der Waals surface area contributed by atoms with Crippen LogP contribution in [-0.2, 0) is 0 Å². The zero-order chi connectivity index (χ0) is 15.5. The van der Waals surface area contributed by atoms with Gasteiger partial charge in [-0.2, -0.15) is 0 Å². The number of aromatic nitrogens is 2. The van der Waals surface area contributed by atoms with E-state index in [2.05, 4.69) is 59.7 Å². The smallest absolute Gasteiger partial charge is 0.137 e. The Labute approximate surface area is 135 Å². The largest absolute Gasteiger partial charge is 0.306 e. The number of benzene rings is 2. The van der Waals surface area contributed by atoms with Gasteiger partial charge in [0.25, 0.3) is 0 Å². The molecule has 4 rings (SSSR count). The number of imidazole rings is 1. The first-order valence-electron chi connectivity index (χ1n) is 7.66. The molecule has 4 aromatic rings. The van der Waals surface area contributed by atoms with Gasteiger partial charge in [0, 0.05) is 18.0 Å². The Hall–Kier alpha value is -3.13. The molecule has 2 aromatic heterocycles. The molecule has 2 aromatic carbocycles. The topological polar surface area (TPSA) is 17.3 Å². The lowest BCUT2D eigenvalue weighted by atomic mass is 10.1. The van der Waals surface area contributed by atoms with Crippen molar-refractivity contribution in [3.63, 3.8) is 0 Å². The third kappa shape index (κ3) is 2.92. The molecule has 2 nitrogen and oxygen atoms in total. The Kier molecular flexibility index (Phi) is 3.49. The van der Waals surface area contributed by atoms with Gasteiger partial charge in [0.1, 0.15) is 5.65 Å². The second-order valence-corrected chi connectivity index (χ2v) is 5.46. The molecule has 23 heavy (non-hydrogen) atoms. The van der Waals surface area contributed by atoms with E-state index in [9.17, 15) is 0 Å². The third-order valence-corrected chi connectivity index (χ3v) is 3.84. The molecule has 0 saturated heterocycles. The number of rotatable bonds is 3. The highest BCUT2D eigenvalue weighted by molar-refractivity contribution is 5.71. The average molecular weight is 296 g/mol. The van der Waals surface area contributed by atoms with Crippen LogP contribution in [0.4, 0.5) is 0 Å². The van der Waals surface area contributed by atoms with Gasteiger partial charge in [-0.25, -0.2) is 4.98 Å². The first-order chi connectivity index (χ1) is 11.4. The van der Waals surface area contributed by atoms with Crippen LogP contribution in [0.1, 0.15) is 11.1 Å². The summed E-state index contributed by atoms with van der Waals surface area (Å²) in [5, 5.41) is 0. The van der Waals surface area contributed by atoms with Crippen molar-refractivity contribution >= 4 is 17.8 Å². The predicted octanol–water partition coefficient (Wildman–Crippen LogP) is 5.17. The van der Waals surface area contributed by atoms with Crippen molar-refractivity contribution in [2.45, 2.75) is 0 Å². The minimum Gasteiger partial charge on any atom is -0.306 e. The fourth-order valence-corrected chi connectivity index (χ4v) is 2.60. The zero-order valence-electron chi connectivity index (χ0n) is 12.6. The fourth-order valence-electron chi connectivity index (χ4n) is 2.60. The Morgan fingerprint density at radius 1 is 0.696 bits per heavy atom. The lowest BCUT2D eigenvalue weighted by molar-refractivity contribution is 1.19. The summed E-state index contributed by atoms with van der Waals surface area (Å²) in [6, 6.07) is 24.8. The van der Waals surface area contributed by atoms with Gasteiger partial charge in [-0.1, -0.05) is 72.8 Å². The number of nitrogens with zero attached hydrogens (tertiary/aromatic N) is 2. The lowest BCUT2D eigenvalue weighted by Gasteiger charge is -1.98. The molecule has 0 fully saturated rings. The molecule has 2 heterocycles. The maximum Gasteiger partial charge on any atom is 0.137 e. The van der Waals surface area contributed by atoms with Crippen LogP contribution < -0.4 is 0 Å². The molecule has 0 N–H and O–H groups in total. The molecule has 0 unspecified atom stereocenters. The van der Waals surface area contributed by atoms with Gasteiger partial charge in [0.15, 0.2) is 0 Å². The highest BCUT2D eigenvalue weighted by atomic mass is 15.0. The predicted molar refractivity (Wildman–Crippen MR) is 96.0 cm³/mol. The van der Waals surface area contributed by atoms with E-state index in [0.717, 1.165) is 16.9 Å². The summed E-state index contributed by atoms with van der Waals surface area (Å²) in [5.74, 6) is 0. The molecular formula is C21H16N2. The van der Waals surface area contributed by atoms with Gasteiger partial charge in [-0.15, -0.1) is 0 Å². The van der Waals surface area contributed by atoms with Gasteiger partial charge >= 0.3 is 0 Å². The van der Waals surface area contributed by atoms with Gasteiger partial charge < -0.3 is 4.40 Å². The molecular weight excluding hydrogens is 280 g/mol. The Morgan fingerprint density at radius 3 is 2.13 bits per heavy atom. The second kappa shape index (κ2) is 5.93. The molecule has 0 atom stereocenters. The SMILES string of the molecule is C(=C\c1ccc(-c2cn3ccccc3n2)cc1)/c1ccccc1. The average Bonchev–Trinajstić information content (AvgIpc) is 3.05. The molecule has 0 aliphatic carbocycles. The molecule has 0 radical (unpaired) electrons. The van der Waals surface area contributed by atoms with E-state index in [1.54, 1.807) is 0 Å². The monoisotopic (exact) mass is 296 g/mol. The van der Waals surface area contributed by atoms with Crippen molar-refractivity contribution in [3.8, 4) is 11.3 Å². The van der Waals surface area contributed by atoms with E-state index >= 15 is 0 Å². The summed E-state index contributed by atoms with van der Waals surface area (Å²) in [7, 11) is 0. The van der Waals surface area contributed by atoms with E-state index in [1.807, 2.05) is 47.0 Å². The summed E-state index contributed by atoms with van der Waals surface area (Å²) in [5.41, 5.74) is 5.48. The summed E-state index contributed by atoms with van der Waals surface area (Å²) in [6.07, 6.45) is 8.33. The van der Waals surface area contributed by atoms with E-state index in [-0.39, 0.29) is 0 Å².